The van der Waals surface area contributed by atoms with Crippen LogP contribution in [0.25, 0.3) is 0 Å². The van der Waals surface area contributed by atoms with E-state index >= 15 is 0 Å². The molecular weight excluding hydrogens is 432 g/mol. The van der Waals surface area contributed by atoms with Gasteiger partial charge in [-0.1, -0.05) is 40.2 Å². The molecule has 0 saturated heterocycles. The number of hydrogen-bond acceptors (Lipinski definition) is 5. The van der Waals surface area contributed by atoms with Gasteiger partial charge < -0.3 is 10.1 Å². The third-order valence-electron chi connectivity index (χ3n) is 5.32. The molecule has 1 N–H and O–H groups in total. The molecule has 2 aliphatic rings. The maximum atomic E-state index is 12.7. The van der Waals surface area contributed by atoms with Crippen LogP contribution in [0.15, 0.2) is 70.6 Å². The molecule has 0 amide bonds. The second-order valence-corrected chi connectivity index (χ2v) is 8.12. The van der Waals surface area contributed by atoms with E-state index in [1.165, 1.54) is 6.33 Å². The first-order chi connectivity index (χ1) is 14.2. The smallest absolute Gasteiger partial charge is 0.226 e. The number of nitrogens with zero attached hydrogens (tertiary/aromatic N) is 3. The number of ketones is 1. The number of nitrogens with one attached hydrogen (secondary N) is 1. The van der Waals surface area contributed by atoms with E-state index in [4.69, 9.17) is 4.74 Å². The number of allylic oxidation sites excluding steroid dienone is 2. The highest BCUT2D eigenvalue weighted by molar-refractivity contribution is 9.10. The van der Waals surface area contributed by atoms with Crippen molar-refractivity contribution in [2.45, 2.75) is 31.9 Å². The van der Waals surface area contributed by atoms with Gasteiger partial charge in [0.05, 0.1) is 0 Å². The Labute approximate surface area is 176 Å². The summed E-state index contributed by atoms with van der Waals surface area (Å²) in [6.07, 6.45) is 3.83. The first-order valence-corrected chi connectivity index (χ1v) is 10.4. The van der Waals surface area contributed by atoms with E-state index in [-0.39, 0.29) is 11.8 Å². The number of anilines is 1. The zero-order chi connectivity index (χ0) is 19.8. The zero-order valence-corrected chi connectivity index (χ0v) is 17.2. The molecule has 0 saturated carbocycles. The van der Waals surface area contributed by atoms with Gasteiger partial charge in [-0.3, -0.25) is 4.79 Å². The Morgan fingerprint density at radius 1 is 1.10 bits per heavy atom. The van der Waals surface area contributed by atoms with Crippen LogP contribution in [0.1, 0.15) is 36.4 Å². The molecular formula is C22H19BrN4O2. The molecule has 0 radical (unpaired) electrons. The standard InChI is InChI=1S/C22H19BrN4O2/c23-16-8-4-14(5-9-16)12-29-17-10-6-15(7-11-17)21-20-18(2-1-3-19(20)28)26-22-24-13-25-27(21)22/h4-11,13,21H,1-3,12H2,(H,24,25,26). The van der Waals surface area contributed by atoms with Gasteiger partial charge in [0.25, 0.3) is 0 Å². The van der Waals surface area contributed by atoms with E-state index in [1.54, 1.807) is 4.68 Å². The Balaban J connectivity index is 1.41. The van der Waals surface area contributed by atoms with E-state index in [2.05, 4.69) is 31.3 Å². The summed E-state index contributed by atoms with van der Waals surface area (Å²) in [5.41, 5.74) is 3.88. The predicted molar refractivity (Wildman–Crippen MR) is 113 cm³/mol. The van der Waals surface area contributed by atoms with Crippen molar-refractivity contribution in [2.75, 3.05) is 5.32 Å². The Morgan fingerprint density at radius 3 is 2.69 bits per heavy atom. The minimum absolute atomic E-state index is 0.181. The number of halogens is 1. The average molecular weight is 451 g/mol. The van der Waals surface area contributed by atoms with Gasteiger partial charge in [0.1, 0.15) is 24.7 Å². The highest BCUT2D eigenvalue weighted by Gasteiger charge is 2.35. The number of Topliss-reactive ketones (excluding diaryl/α,β-unsaturated/α-hetero) is 1. The molecule has 7 heteroatoms. The summed E-state index contributed by atoms with van der Waals surface area (Å²) in [6.45, 7) is 0.501. The second-order valence-electron chi connectivity index (χ2n) is 7.21. The van der Waals surface area contributed by atoms with E-state index in [1.807, 2.05) is 48.5 Å². The fourth-order valence-corrected chi connectivity index (χ4v) is 4.16. The third-order valence-corrected chi connectivity index (χ3v) is 5.85. The molecule has 1 aromatic heterocycles. The zero-order valence-electron chi connectivity index (χ0n) is 15.6. The van der Waals surface area contributed by atoms with Crippen LogP contribution in [0.5, 0.6) is 5.75 Å². The van der Waals surface area contributed by atoms with E-state index < -0.39 is 0 Å². The molecule has 5 rings (SSSR count). The molecule has 1 atom stereocenters. The minimum Gasteiger partial charge on any atom is -0.489 e. The van der Waals surface area contributed by atoms with Crippen LogP contribution in [-0.4, -0.2) is 20.5 Å². The van der Waals surface area contributed by atoms with Gasteiger partial charge in [0.15, 0.2) is 5.78 Å². The molecule has 2 aromatic carbocycles. The van der Waals surface area contributed by atoms with Gasteiger partial charge in [0.2, 0.25) is 5.95 Å². The van der Waals surface area contributed by atoms with Crippen molar-refractivity contribution in [3.63, 3.8) is 0 Å². The van der Waals surface area contributed by atoms with Crippen molar-refractivity contribution in [2.24, 2.45) is 0 Å². The molecule has 1 unspecified atom stereocenters. The van der Waals surface area contributed by atoms with E-state index in [0.717, 1.165) is 45.5 Å². The Morgan fingerprint density at radius 2 is 1.90 bits per heavy atom. The Bertz CT molecular complexity index is 1090. The molecule has 0 bridgehead atoms. The van der Waals surface area contributed by atoms with Crippen LogP contribution in [0, 0.1) is 0 Å². The SMILES string of the molecule is O=C1CCCC2=C1C(c1ccc(OCc3ccc(Br)cc3)cc1)n1ncnc1N2. The average Bonchev–Trinajstić information content (AvgIpc) is 3.21. The van der Waals surface area contributed by atoms with Crippen LogP contribution >= 0.6 is 15.9 Å². The Kier molecular flexibility index (Phi) is 4.67. The topological polar surface area (TPSA) is 69.0 Å². The van der Waals surface area contributed by atoms with Crippen molar-refractivity contribution in [3.8, 4) is 5.75 Å². The summed E-state index contributed by atoms with van der Waals surface area (Å²) in [7, 11) is 0. The quantitative estimate of drug-likeness (QED) is 0.626. The second kappa shape index (κ2) is 7.48. The van der Waals surface area contributed by atoms with E-state index in [0.29, 0.717) is 19.0 Å². The predicted octanol–water partition coefficient (Wildman–Crippen LogP) is 4.64. The number of rotatable bonds is 4. The van der Waals surface area contributed by atoms with Crippen molar-refractivity contribution < 1.29 is 9.53 Å². The maximum absolute atomic E-state index is 12.7. The van der Waals surface area contributed by atoms with Crippen LogP contribution in [0.3, 0.4) is 0 Å². The monoisotopic (exact) mass is 450 g/mol. The van der Waals surface area contributed by atoms with Crippen LogP contribution in [-0.2, 0) is 11.4 Å². The van der Waals surface area contributed by atoms with Crippen LogP contribution in [0.2, 0.25) is 0 Å². The van der Waals surface area contributed by atoms with Gasteiger partial charge in [0, 0.05) is 22.2 Å². The lowest BCUT2D eigenvalue weighted by atomic mass is 9.85. The maximum Gasteiger partial charge on any atom is 0.226 e. The number of hydrogen-bond donors (Lipinski definition) is 1. The molecule has 0 spiro atoms. The van der Waals surface area contributed by atoms with Gasteiger partial charge in [-0.05, 0) is 48.2 Å². The molecule has 146 valence electrons. The number of aromatic nitrogens is 3. The van der Waals surface area contributed by atoms with Crippen LogP contribution in [0.4, 0.5) is 5.95 Å². The summed E-state index contributed by atoms with van der Waals surface area (Å²) in [5.74, 6) is 1.65. The third kappa shape index (κ3) is 3.46. The number of fused-ring (bicyclic) bond motifs is 1. The molecule has 6 nitrogen and oxygen atoms in total. The Hall–Kier alpha value is -2.93. The molecule has 0 fully saturated rings. The number of benzene rings is 2. The molecule has 2 heterocycles. The van der Waals surface area contributed by atoms with Crippen LogP contribution < -0.4 is 10.1 Å². The summed E-state index contributed by atoms with van der Waals surface area (Å²) >= 11 is 3.44. The van der Waals surface area contributed by atoms with Gasteiger partial charge in [-0.25, -0.2) is 4.68 Å². The van der Waals surface area contributed by atoms with Crippen molar-refractivity contribution in [1.29, 1.82) is 0 Å². The molecule has 1 aliphatic carbocycles. The lowest BCUT2D eigenvalue weighted by molar-refractivity contribution is -0.116. The summed E-state index contributed by atoms with van der Waals surface area (Å²) < 4.78 is 8.75. The summed E-state index contributed by atoms with van der Waals surface area (Å²) in [4.78, 5) is 17.0. The summed E-state index contributed by atoms with van der Waals surface area (Å²) in [5, 5.41) is 7.65. The van der Waals surface area contributed by atoms with Crippen molar-refractivity contribution in [3.05, 3.63) is 81.7 Å². The lowest BCUT2D eigenvalue weighted by Crippen LogP contribution is -2.31. The minimum atomic E-state index is -0.253. The highest BCUT2D eigenvalue weighted by atomic mass is 79.9. The summed E-state index contributed by atoms with van der Waals surface area (Å²) in [6, 6.07) is 15.7. The molecule has 29 heavy (non-hydrogen) atoms. The number of ether oxygens (including phenoxy) is 1. The number of carbonyl (C=O) groups excluding carboxylic acids is 1. The van der Waals surface area contributed by atoms with Gasteiger partial charge in [-0.2, -0.15) is 10.1 Å². The molecule has 1 aliphatic heterocycles. The lowest BCUT2D eigenvalue weighted by Gasteiger charge is -2.32. The number of carbonyl (C=O) groups is 1. The highest BCUT2D eigenvalue weighted by Crippen LogP contribution is 2.39. The van der Waals surface area contributed by atoms with Crippen molar-refractivity contribution in [1.82, 2.24) is 14.8 Å². The fourth-order valence-electron chi connectivity index (χ4n) is 3.90. The van der Waals surface area contributed by atoms with Crippen molar-refractivity contribution >= 4 is 27.7 Å². The van der Waals surface area contributed by atoms with Gasteiger partial charge in [-0.15, -0.1) is 0 Å². The largest absolute Gasteiger partial charge is 0.489 e. The fraction of sp³-hybridized carbons (Fsp3) is 0.227. The first kappa shape index (κ1) is 18.1. The van der Waals surface area contributed by atoms with Gasteiger partial charge >= 0.3 is 0 Å². The normalized spacial score (nSPS) is 18.1. The first-order valence-electron chi connectivity index (χ1n) is 9.59. The molecule has 3 aromatic rings. The van der Waals surface area contributed by atoms with E-state index in [9.17, 15) is 4.79 Å².